The Morgan fingerprint density at radius 1 is 1.03 bits per heavy atom. The van der Waals surface area contributed by atoms with E-state index in [-0.39, 0.29) is 31.0 Å². The van der Waals surface area contributed by atoms with E-state index in [1.54, 1.807) is 11.0 Å². The first-order valence-electron chi connectivity index (χ1n) is 12.0. The number of nitrogens with one attached hydrogen (secondary N) is 1. The Bertz CT molecular complexity index is 1170. The molecular formula is C29H32BrClN2O3. The van der Waals surface area contributed by atoms with Crippen LogP contribution >= 0.6 is 27.5 Å². The lowest BCUT2D eigenvalue weighted by Gasteiger charge is -2.32. The maximum absolute atomic E-state index is 13.6. The maximum atomic E-state index is 13.6. The number of amides is 2. The van der Waals surface area contributed by atoms with Crippen LogP contribution in [0.1, 0.15) is 37.0 Å². The van der Waals surface area contributed by atoms with Gasteiger partial charge in [-0.3, -0.25) is 9.59 Å². The van der Waals surface area contributed by atoms with Gasteiger partial charge in [-0.15, -0.1) is 0 Å². The van der Waals surface area contributed by atoms with E-state index in [9.17, 15) is 9.59 Å². The molecule has 0 spiro atoms. The highest BCUT2D eigenvalue weighted by Crippen LogP contribution is 2.22. The lowest BCUT2D eigenvalue weighted by molar-refractivity contribution is -0.143. The molecule has 7 heteroatoms. The molecule has 0 aliphatic rings. The SMILES string of the molecule is CC[C@H](C)NC(=O)[C@H](Cc1ccccc1)N(Cc1cccc(Cl)c1)C(=O)COc1ccc(Br)c(C)c1. The summed E-state index contributed by atoms with van der Waals surface area (Å²) in [7, 11) is 0. The number of ether oxygens (including phenoxy) is 1. The fourth-order valence-corrected chi connectivity index (χ4v) is 4.22. The lowest BCUT2D eigenvalue weighted by Crippen LogP contribution is -2.53. The van der Waals surface area contributed by atoms with Crippen LogP contribution < -0.4 is 10.1 Å². The third kappa shape index (κ3) is 8.10. The summed E-state index contributed by atoms with van der Waals surface area (Å²) in [5.41, 5.74) is 2.81. The van der Waals surface area contributed by atoms with Gasteiger partial charge in [0.05, 0.1) is 0 Å². The van der Waals surface area contributed by atoms with Crippen LogP contribution in [-0.4, -0.2) is 35.4 Å². The van der Waals surface area contributed by atoms with Gasteiger partial charge >= 0.3 is 0 Å². The molecule has 0 heterocycles. The normalized spacial score (nSPS) is 12.5. The maximum Gasteiger partial charge on any atom is 0.261 e. The van der Waals surface area contributed by atoms with E-state index in [2.05, 4.69) is 21.2 Å². The molecule has 0 radical (unpaired) electrons. The van der Waals surface area contributed by atoms with E-state index < -0.39 is 6.04 Å². The molecule has 1 N–H and O–H groups in total. The van der Waals surface area contributed by atoms with Gasteiger partial charge < -0.3 is 15.0 Å². The zero-order chi connectivity index (χ0) is 26.1. The molecule has 0 aromatic heterocycles. The number of carbonyl (C=O) groups excluding carboxylic acids is 2. The summed E-state index contributed by atoms with van der Waals surface area (Å²) in [6.45, 7) is 5.97. The molecule has 0 aliphatic heterocycles. The van der Waals surface area contributed by atoms with Crippen molar-refractivity contribution in [2.45, 2.75) is 52.2 Å². The number of nitrogens with zero attached hydrogens (tertiary/aromatic N) is 1. The van der Waals surface area contributed by atoms with E-state index in [1.807, 2.05) is 87.5 Å². The molecule has 2 atom stereocenters. The van der Waals surface area contributed by atoms with Crippen molar-refractivity contribution < 1.29 is 14.3 Å². The smallest absolute Gasteiger partial charge is 0.261 e. The second-order valence-corrected chi connectivity index (χ2v) is 10.2. The Morgan fingerprint density at radius 3 is 2.42 bits per heavy atom. The first kappa shape index (κ1) is 27.8. The van der Waals surface area contributed by atoms with Crippen LogP contribution in [-0.2, 0) is 22.6 Å². The monoisotopic (exact) mass is 570 g/mol. The molecule has 2 amide bonds. The van der Waals surface area contributed by atoms with Gasteiger partial charge in [0.15, 0.2) is 6.61 Å². The summed E-state index contributed by atoms with van der Waals surface area (Å²) in [6, 6.07) is 21.9. The van der Waals surface area contributed by atoms with Gasteiger partial charge in [0.25, 0.3) is 5.91 Å². The van der Waals surface area contributed by atoms with Crippen LogP contribution in [0.4, 0.5) is 0 Å². The lowest BCUT2D eigenvalue weighted by atomic mass is 10.0. The topological polar surface area (TPSA) is 58.6 Å². The number of hydrogen-bond donors (Lipinski definition) is 1. The zero-order valence-electron chi connectivity index (χ0n) is 20.8. The number of rotatable bonds is 11. The fraction of sp³-hybridized carbons (Fsp3) is 0.310. The second-order valence-electron chi connectivity index (χ2n) is 8.87. The van der Waals surface area contributed by atoms with Crippen molar-refractivity contribution in [3.8, 4) is 5.75 Å². The molecule has 3 aromatic rings. The Morgan fingerprint density at radius 2 is 1.75 bits per heavy atom. The molecule has 0 saturated carbocycles. The second kappa shape index (κ2) is 13.5. The van der Waals surface area contributed by atoms with Crippen molar-refractivity contribution in [2.75, 3.05) is 6.61 Å². The molecule has 36 heavy (non-hydrogen) atoms. The van der Waals surface area contributed by atoms with Crippen molar-refractivity contribution in [1.82, 2.24) is 10.2 Å². The molecule has 0 fully saturated rings. The fourth-order valence-electron chi connectivity index (χ4n) is 3.76. The molecule has 0 saturated heterocycles. The Hall–Kier alpha value is -2.83. The Labute approximate surface area is 226 Å². The first-order valence-corrected chi connectivity index (χ1v) is 13.2. The van der Waals surface area contributed by atoms with Gasteiger partial charge in [-0.2, -0.15) is 0 Å². The molecular weight excluding hydrogens is 540 g/mol. The van der Waals surface area contributed by atoms with Gasteiger partial charge in [-0.1, -0.05) is 76.9 Å². The van der Waals surface area contributed by atoms with E-state index in [4.69, 9.17) is 16.3 Å². The predicted molar refractivity (Wildman–Crippen MR) is 148 cm³/mol. The largest absolute Gasteiger partial charge is 0.484 e. The Balaban J connectivity index is 1.91. The minimum absolute atomic E-state index is 0.0131. The average molecular weight is 572 g/mol. The van der Waals surface area contributed by atoms with Crippen molar-refractivity contribution in [1.29, 1.82) is 0 Å². The van der Waals surface area contributed by atoms with Gasteiger partial charge in [0.1, 0.15) is 11.8 Å². The number of aryl methyl sites for hydroxylation is 1. The van der Waals surface area contributed by atoms with Crippen molar-refractivity contribution >= 4 is 39.3 Å². The van der Waals surface area contributed by atoms with Crippen molar-refractivity contribution in [3.05, 3.63) is 99.0 Å². The van der Waals surface area contributed by atoms with Crippen LogP contribution in [0.5, 0.6) is 5.75 Å². The molecule has 3 rings (SSSR count). The van der Waals surface area contributed by atoms with Crippen LogP contribution in [0.25, 0.3) is 0 Å². The standard InChI is InChI=1S/C29H32BrClN2O3/c1-4-21(3)32-29(35)27(17-22-9-6-5-7-10-22)33(18-23-11-8-12-24(31)16-23)28(34)19-36-25-13-14-26(30)20(2)15-25/h5-16,21,27H,4,17-19H2,1-3H3,(H,32,35)/t21-,27-/m0/s1. The highest BCUT2D eigenvalue weighted by molar-refractivity contribution is 9.10. The highest BCUT2D eigenvalue weighted by atomic mass is 79.9. The van der Waals surface area contributed by atoms with Gasteiger partial charge in [0.2, 0.25) is 5.91 Å². The summed E-state index contributed by atoms with van der Waals surface area (Å²) < 4.78 is 6.82. The van der Waals surface area contributed by atoms with Crippen molar-refractivity contribution in [3.63, 3.8) is 0 Å². The van der Waals surface area contributed by atoms with Gasteiger partial charge in [-0.25, -0.2) is 0 Å². The number of halogens is 2. The summed E-state index contributed by atoms with van der Waals surface area (Å²) in [6.07, 6.45) is 1.17. The quantitative estimate of drug-likeness (QED) is 0.292. The molecule has 3 aromatic carbocycles. The molecule has 0 unspecified atom stereocenters. The van der Waals surface area contributed by atoms with E-state index >= 15 is 0 Å². The minimum Gasteiger partial charge on any atom is -0.484 e. The number of carbonyl (C=O) groups is 2. The minimum atomic E-state index is -0.719. The number of hydrogen-bond acceptors (Lipinski definition) is 3. The van der Waals surface area contributed by atoms with Gasteiger partial charge in [0, 0.05) is 28.5 Å². The van der Waals surface area contributed by atoms with Crippen LogP contribution in [0, 0.1) is 6.92 Å². The molecule has 0 bridgehead atoms. The first-order chi connectivity index (χ1) is 17.3. The van der Waals surface area contributed by atoms with Crippen LogP contribution in [0.2, 0.25) is 5.02 Å². The third-order valence-electron chi connectivity index (χ3n) is 6.01. The number of benzene rings is 3. The predicted octanol–water partition coefficient (Wildman–Crippen LogP) is 6.34. The van der Waals surface area contributed by atoms with Crippen molar-refractivity contribution in [2.24, 2.45) is 0 Å². The zero-order valence-corrected chi connectivity index (χ0v) is 23.2. The summed E-state index contributed by atoms with van der Waals surface area (Å²) in [5, 5.41) is 3.64. The van der Waals surface area contributed by atoms with Gasteiger partial charge in [-0.05, 0) is 67.3 Å². The summed E-state index contributed by atoms with van der Waals surface area (Å²) in [5.74, 6) is 0.120. The van der Waals surface area contributed by atoms with E-state index in [0.717, 1.165) is 27.6 Å². The summed E-state index contributed by atoms with van der Waals surface area (Å²) >= 11 is 9.71. The molecule has 5 nitrogen and oxygen atoms in total. The third-order valence-corrected chi connectivity index (χ3v) is 7.13. The summed E-state index contributed by atoms with van der Waals surface area (Å²) in [4.78, 5) is 28.7. The molecule has 0 aliphatic carbocycles. The van der Waals surface area contributed by atoms with Crippen LogP contribution in [0.15, 0.2) is 77.3 Å². The molecule has 190 valence electrons. The highest BCUT2D eigenvalue weighted by Gasteiger charge is 2.31. The Kier molecular flexibility index (Phi) is 10.4. The average Bonchev–Trinajstić information content (AvgIpc) is 2.87. The van der Waals surface area contributed by atoms with E-state index in [1.165, 1.54) is 0 Å². The van der Waals surface area contributed by atoms with E-state index in [0.29, 0.717) is 17.2 Å². The van der Waals surface area contributed by atoms with Crippen LogP contribution in [0.3, 0.4) is 0 Å².